The molecular weight excluding hydrogens is 262 g/mol. The molecule has 0 aromatic heterocycles. The van der Waals surface area contributed by atoms with E-state index in [4.69, 9.17) is 21.5 Å². The Morgan fingerprint density at radius 1 is 1.47 bits per heavy atom. The van der Waals surface area contributed by atoms with Crippen molar-refractivity contribution in [2.24, 2.45) is 5.14 Å². The highest BCUT2D eigenvalue weighted by molar-refractivity contribution is 7.89. The SMILES string of the molecule is CC#CCCOc1ccc(S(N)(=O)=O)cc1Cl. The smallest absolute Gasteiger partial charge is 0.238 e. The molecule has 0 aliphatic carbocycles. The van der Waals surface area contributed by atoms with Crippen molar-refractivity contribution < 1.29 is 13.2 Å². The highest BCUT2D eigenvalue weighted by Gasteiger charge is 2.10. The fraction of sp³-hybridized carbons (Fsp3) is 0.273. The van der Waals surface area contributed by atoms with E-state index in [0.29, 0.717) is 18.8 Å². The molecule has 1 rings (SSSR count). The summed E-state index contributed by atoms with van der Waals surface area (Å²) in [6.45, 7) is 2.14. The van der Waals surface area contributed by atoms with Gasteiger partial charge in [-0.1, -0.05) is 11.6 Å². The summed E-state index contributed by atoms with van der Waals surface area (Å²) < 4.78 is 27.4. The molecule has 0 radical (unpaired) electrons. The maximum absolute atomic E-state index is 11.1. The Kier molecular flexibility index (Phi) is 4.82. The minimum absolute atomic E-state index is 0.0387. The van der Waals surface area contributed by atoms with E-state index >= 15 is 0 Å². The Hall–Kier alpha value is -1.22. The Morgan fingerprint density at radius 2 is 2.18 bits per heavy atom. The number of primary sulfonamides is 1. The zero-order valence-electron chi connectivity index (χ0n) is 9.23. The van der Waals surface area contributed by atoms with Crippen LogP contribution in [-0.4, -0.2) is 15.0 Å². The normalized spacial score (nSPS) is 10.5. The van der Waals surface area contributed by atoms with Crippen LogP contribution in [0.1, 0.15) is 13.3 Å². The lowest BCUT2D eigenvalue weighted by molar-refractivity contribution is 0.327. The second kappa shape index (κ2) is 5.92. The third-order valence-corrected chi connectivity index (χ3v) is 3.10. The van der Waals surface area contributed by atoms with E-state index in [2.05, 4.69) is 11.8 Å². The molecule has 0 amide bonds. The van der Waals surface area contributed by atoms with Crippen molar-refractivity contribution in [2.45, 2.75) is 18.2 Å². The minimum Gasteiger partial charge on any atom is -0.491 e. The molecule has 2 N–H and O–H groups in total. The van der Waals surface area contributed by atoms with Crippen molar-refractivity contribution in [1.82, 2.24) is 0 Å². The second-order valence-corrected chi connectivity index (χ2v) is 5.13. The van der Waals surface area contributed by atoms with Crippen LogP contribution < -0.4 is 9.88 Å². The van der Waals surface area contributed by atoms with E-state index in [0.717, 1.165) is 0 Å². The summed E-state index contributed by atoms with van der Waals surface area (Å²) in [5.41, 5.74) is 0. The number of ether oxygens (including phenoxy) is 1. The van der Waals surface area contributed by atoms with Gasteiger partial charge in [0.05, 0.1) is 16.5 Å². The molecule has 0 heterocycles. The van der Waals surface area contributed by atoms with Gasteiger partial charge < -0.3 is 4.74 Å². The van der Waals surface area contributed by atoms with E-state index < -0.39 is 10.0 Å². The topological polar surface area (TPSA) is 69.4 Å². The van der Waals surface area contributed by atoms with Crippen LogP contribution in [0.15, 0.2) is 23.1 Å². The average molecular weight is 274 g/mol. The van der Waals surface area contributed by atoms with Gasteiger partial charge in [0.1, 0.15) is 5.75 Å². The molecule has 17 heavy (non-hydrogen) atoms. The maximum Gasteiger partial charge on any atom is 0.238 e. The summed E-state index contributed by atoms with van der Waals surface area (Å²) in [6.07, 6.45) is 0.587. The van der Waals surface area contributed by atoms with Crippen LogP contribution in [0.2, 0.25) is 5.02 Å². The summed E-state index contributed by atoms with van der Waals surface area (Å²) in [5.74, 6) is 5.99. The molecule has 1 aromatic rings. The predicted molar refractivity (Wildman–Crippen MR) is 66.4 cm³/mol. The lowest BCUT2D eigenvalue weighted by Crippen LogP contribution is -2.12. The molecule has 0 spiro atoms. The third-order valence-electron chi connectivity index (χ3n) is 1.89. The molecule has 0 aliphatic rings. The van der Waals surface area contributed by atoms with Crippen LogP contribution in [-0.2, 0) is 10.0 Å². The molecule has 0 saturated heterocycles. The lowest BCUT2D eigenvalue weighted by Gasteiger charge is -2.07. The number of nitrogens with two attached hydrogens (primary N) is 1. The van der Waals surface area contributed by atoms with Crippen molar-refractivity contribution in [2.75, 3.05) is 6.61 Å². The predicted octanol–water partition coefficient (Wildman–Crippen LogP) is 1.78. The molecule has 4 nitrogen and oxygen atoms in total. The van der Waals surface area contributed by atoms with Gasteiger partial charge in [-0.05, 0) is 25.1 Å². The van der Waals surface area contributed by atoms with Gasteiger partial charge in [-0.15, -0.1) is 11.8 Å². The van der Waals surface area contributed by atoms with Crippen molar-refractivity contribution in [1.29, 1.82) is 0 Å². The van der Waals surface area contributed by atoms with Gasteiger partial charge in [-0.25, -0.2) is 13.6 Å². The average Bonchev–Trinajstić information content (AvgIpc) is 2.24. The quantitative estimate of drug-likeness (QED) is 0.671. The molecule has 0 aliphatic heterocycles. The van der Waals surface area contributed by atoms with Gasteiger partial charge in [-0.2, -0.15) is 0 Å². The van der Waals surface area contributed by atoms with Crippen molar-refractivity contribution in [3.05, 3.63) is 23.2 Å². The highest BCUT2D eigenvalue weighted by atomic mass is 35.5. The Bertz CT molecular complexity index is 558. The van der Waals surface area contributed by atoms with Gasteiger partial charge in [0.15, 0.2) is 0 Å². The molecule has 0 atom stereocenters. The summed E-state index contributed by atoms with van der Waals surface area (Å²) in [7, 11) is -3.73. The summed E-state index contributed by atoms with van der Waals surface area (Å²) in [5, 5.41) is 5.18. The largest absolute Gasteiger partial charge is 0.491 e. The highest BCUT2D eigenvalue weighted by Crippen LogP contribution is 2.26. The monoisotopic (exact) mass is 273 g/mol. The van der Waals surface area contributed by atoms with Crippen molar-refractivity contribution >= 4 is 21.6 Å². The molecule has 92 valence electrons. The molecule has 6 heteroatoms. The van der Waals surface area contributed by atoms with Gasteiger partial charge in [-0.3, -0.25) is 0 Å². The van der Waals surface area contributed by atoms with Crippen LogP contribution in [0.5, 0.6) is 5.75 Å². The zero-order chi connectivity index (χ0) is 12.9. The molecule has 0 unspecified atom stereocenters. The van der Waals surface area contributed by atoms with Crippen LogP contribution in [0.25, 0.3) is 0 Å². The summed E-state index contributed by atoms with van der Waals surface area (Å²) in [6, 6.07) is 4.08. The number of halogens is 1. The first-order valence-electron chi connectivity index (χ1n) is 4.80. The Morgan fingerprint density at radius 3 is 2.71 bits per heavy atom. The first-order chi connectivity index (χ1) is 7.95. The zero-order valence-corrected chi connectivity index (χ0v) is 10.8. The van der Waals surface area contributed by atoms with E-state index in [1.54, 1.807) is 6.92 Å². The first kappa shape index (κ1) is 13.8. The fourth-order valence-corrected chi connectivity index (χ4v) is 1.95. The summed E-state index contributed by atoms with van der Waals surface area (Å²) in [4.78, 5) is -0.0387. The fourth-order valence-electron chi connectivity index (χ4n) is 1.11. The van der Waals surface area contributed by atoms with Crippen LogP contribution in [0, 0.1) is 11.8 Å². The van der Waals surface area contributed by atoms with Gasteiger partial charge in [0, 0.05) is 6.42 Å². The minimum atomic E-state index is -3.73. The van der Waals surface area contributed by atoms with E-state index in [9.17, 15) is 8.42 Å². The third kappa shape index (κ3) is 4.27. The van der Waals surface area contributed by atoms with E-state index in [1.807, 2.05) is 0 Å². The number of rotatable bonds is 4. The molecule has 0 fully saturated rings. The number of benzene rings is 1. The summed E-state index contributed by atoms with van der Waals surface area (Å²) >= 11 is 5.87. The van der Waals surface area contributed by atoms with Crippen LogP contribution >= 0.6 is 11.6 Å². The van der Waals surface area contributed by atoms with Gasteiger partial charge >= 0.3 is 0 Å². The van der Waals surface area contributed by atoms with Gasteiger partial charge in [0.2, 0.25) is 10.0 Å². The number of sulfonamides is 1. The van der Waals surface area contributed by atoms with E-state index in [-0.39, 0.29) is 9.92 Å². The molecule has 0 saturated carbocycles. The van der Waals surface area contributed by atoms with Crippen molar-refractivity contribution in [3.8, 4) is 17.6 Å². The molecule has 0 bridgehead atoms. The Labute approximate surface area is 106 Å². The Balaban J connectivity index is 2.79. The van der Waals surface area contributed by atoms with E-state index in [1.165, 1.54) is 18.2 Å². The number of hydrogen-bond acceptors (Lipinski definition) is 3. The lowest BCUT2D eigenvalue weighted by atomic mass is 10.3. The standard InChI is InChI=1S/C11H12ClNO3S/c1-2-3-4-7-16-11-6-5-9(8-10(11)12)17(13,14)15/h5-6,8H,4,7H2,1H3,(H2,13,14,15). The van der Waals surface area contributed by atoms with Crippen LogP contribution in [0.4, 0.5) is 0 Å². The van der Waals surface area contributed by atoms with Gasteiger partial charge in [0.25, 0.3) is 0 Å². The molecular formula is C11H12ClNO3S. The van der Waals surface area contributed by atoms with Crippen LogP contribution in [0.3, 0.4) is 0 Å². The van der Waals surface area contributed by atoms with Crippen molar-refractivity contribution in [3.63, 3.8) is 0 Å². The first-order valence-corrected chi connectivity index (χ1v) is 6.72. The number of hydrogen-bond donors (Lipinski definition) is 1. The molecule has 1 aromatic carbocycles. The maximum atomic E-state index is 11.1. The second-order valence-electron chi connectivity index (χ2n) is 3.16.